The molecule has 2 aliphatic heterocycles. The van der Waals surface area contributed by atoms with Gasteiger partial charge in [0.2, 0.25) is 22.0 Å². The molecule has 0 spiro atoms. The van der Waals surface area contributed by atoms with E-state index < -0.39 is 16.1 Å². The van der Waals surface area contributed by atoms with E-state index in [0.717, 1.165) is 4.31 Å². The van der Waals surface area contributed by atoms with Crippen molar-refractivity contribution in [3.63, 3.8) is 0 Å². The van der Waals surface area contributed by atoms with Crippen LogP contribution in [0.4, 0.5) is 5.69 Å². The topological polar surface area (TPSA) is 108 Å². The third kappa shape index (κ3) is 5.32. The van der Waals surface area contributed by atoms with Gasteiger partial charge in [-0.1, -0.05) is 12.1 Å². The summed E-state index contributed by atoms with van der Waals surface area (Å²) in [5.74, 6) is 0.876. The van der Waals surface area contributed by atoms with Crippen LogP contribution in [0.25, 0.3) is 0 Å². The number of hydrogen-bond donors (Lipinski definition) is 1. The van der Waals surface area contributed by atoms with Gasteiger partial charge in [0.25, 0.3) is 5.91 Å². The zero-order valence-corrected chi connectivity index (χ0v) is 20.0. The van der Waals surface area contributed by atoms with E-state index in [-0.39, 0.29) is 29.9 Å². The number of nitrogens with zero attached hydrogens (tertiary/aromatic N) is 3. The number of carbonyl (C=O) groups excluding carboxylic acids is 2. The van der Waals surface area contributed by atoms with Crippen molar-refractivity contribution < 1.29 is 27.5 Å². The lowest BCUT2D eigenvalue weighted by Crippen LogP contribution is -2.54. The second kappa shape index (κ2) is 10.00. The maximum Gasteiger partial charge on any atom is 0.267 e. The minimum absolute atomic E-state index is 0.119. The normalized spacial score (nSPS) is 18.6. The van der Waals surface area contributed by atoms with Gasteiger partial charge in [-0.05, 0) is 36.4 Å². The van der Waals surface area contributed by atoms with Crippen molar-refractivity contribution in [1.82, 2.24) is 14.1 Å². The lowest BCUT2D eigenvalue weighted by atomic mass is 10.2. The molecule has 0 radical (unpaired) electrons. The fourth-order valence-electron chi connectivity index (χ4n) is 3.80. The van der Waals surface area contributed by atoms with Gasteiger partial charge in [-0.3, -0.25) is 14.5 Å². The van der Waals surface area contributed by atoms with Gasteiger partial charge >= 0.3 is 0 Å². The quantitative estimate of drug-likeness (QED) is 0.643. The molecule has 0 bridgehead atoms. The maximum absolute atomic E-state index is 12.9. The molecule has 0 unspecified atom stereocenters. The average molecular weight is 489 g/mol. The van der Waals surface area contributed by atoms with Crippen LogP contribution in [0.3, 0.4) is 0 Å². The molecule has 2 aliphatic rings. The zero-order chi connectivity index (χ0) is 24.3. The Balaban J connectivity index is 1.24. The number of para-hydroxylation sites is 2. The van der Waals surface area contributed by atoms with Crippen molar-refractivity contribution in [3.8, 4) is 11.5 Å². The first kappa shape index (κ1) is 24.0. The first-order chi connectivity index (χ1) is 16.2. The number of sulfonamides is 1. The van der Waals surface area contributed by atoms with Crippen LogP contribution in [0.5, 0.6) is 11.5 Å². The van der Waals surface area contributed by atoms with Crippen molar-refractivity contribution in [2.75, 3.05) is 58.7 Å². The summed E-state index contributed by atoms with van der Waals surface area (Å²) in [6.45, 7) is 2.45. The second-order valence-electron chi connectivity index (χ2n) is 8.33. The standard InChI is InChI=1S/C23H28N4O6S/c1-25(2)34(30,31)18-9-7-17(8-10-18)24-22(28)15-26-11-13-27(14-12-26)23(29)21-16-32-19-5-3-4-6-20(19)33-21/h3-10,21H,11-16H2,1-2H3,(H,24,28)/t21-/m0/s1. The molecule has 11 heteroatoms. The predicted octanol–water partition coefficient (Wildman–Crippen LogP) is 0.860. The Morgan fingerprint density at radius 2 is 1.65 bits per heavy atom. The molecule has 0 aromatic heterocycles. The molecular weight excluding hydrogens is 460 g/mol. The summed E-state index contributed by atoms with van der Waals surface area (Å²) in [7, 11) is -0.585. The second-order valence-corrected chi connectivity index (χ2v) is 10.5. The first-order valence-electron chi connectivity index (χ1n) is 11.0. The molecule has 1 fully saturated rings. The van der Waals surface area contributed by atoms with E-state index in [9.17, 15) is 18.0 Å². The molecule has 1 atom stereocenters. The van der Waals surface area contributed by atoms with E-state index in [1.807, 2.05) is 17.0 Å². The molecule has 2 aromatic rings. The molecule has 1 saturated heterocycles. The van der Waals surface area contributed by atoms with Crippen LogP contribution >= 0.6 is 0 Å². The van der Waals surface area contributed by atoms with Gasteiger partial charge in [0.15, 0.2) is 11.5 Å². The molecule has 2 heterocycles. The van der Waals surface area contributed by atoms with Gasteiger partial charge in [-0.15, -0.1) is 0 Å². The summed E-state index contributed by atoms with van der Waals surface area (Å²) in [6, 6.07) is 13.3. The number of ether oxygens (including phenoxy) is 2. The number of amides is 2. The summed E-state index contributed by atoms with van der Waals surface area (Å²) < 4.78 is 36.9. The highest BCUT2D eigenvalue weighted by atomic mass is 32.2. The molecule has 34 heavy (non-hydrogen) atoms. The van der Waals surface area contributed by atoms with Gasteiger partial charge in [-0.2, -0.15) is 0 Å². The van der Waals surface area contributed by atoms with E-state index in [2.05, 4.69) is 5.32 Å². The minimum atomic E-state index is -3.52. The Morgan fingerprint density at radius 3 is 2.29 bits per heavy atom. The SMILES string of the molecule is CN(C)S(=O)(=O)c1ccc(NC(=O)CN2CCN(C(=O)[C@@H]3COc4ccccc4O3)CC2)cc1. The average Bonchev–Trinajstić information content (AvgIpc) is 2.84. The van der Waals surface area contributed by atoms with Crippen molar-refractivity contribution in [2.24, 2.45) is 0 Å². The van der Waals surface area contributed by atoms with Gasteiger partial charge < -0.3 is 19.7 Å². The van der Waals surface area contributed by atoms with Crippen molar-refractivity contribution >= 4 is 27.5 Å². The molecule has 0 aliphatic carbocycles. The number of nitrogens with one attached hydrogen (secondary N) is 1. The largest absolute Gasteiger partial charge is 0.485 e. The Kier molecular flexibility index (Phi) is 7.05. The van der Waals surface area contributed by atoms with E-state index >= 15 is 0 Å². The van der Waals surface area contributed by atoms with Gasteiger partial charge in [0, 0.05) is 46.0 Å². The van der Waals surface area contributed by atoms with Crippen LogP contribution in [0.2, 0.25) is 0 Å². The molecule has 2 aromatic carbocycles. The lowest BCUT2D eigenvalue weighted by molar-refractivity contribution is -0.143. The third-order valence-corrected chi connectivity index (χ3v) is 7.58. The molecule has 182 valence electrons. The molecule has 10 nitrogen and oxygen atoms in total. The summed E-state index contributed by atoms with van der Waals surface area (Å²) >= 11 is 0. The molecular formula is C23H28N4O6S. The third-order valence-electron chi connectivity index (χ3n) is 5.75. The molecule has 2 amide bonds. The summed E-state index contributed by atoms with van der Waals surface area (Å²) in [5, 5.41) is 2.79. The Bertz CT molecular complexity index is 1140. The fraction of sp³-hybridized carbons (Fsp3) is 0.391. The molecule has 1 N–H and O–H groups in total. The zero-order valence-electron chi connectivity index (χ0n) is 19.1. The highest BCUT2D eigenvalue weighted by molar-refractivity contribution is 7.89. The first-order valence-corrected chi connectivity index (χ1v) is 12.4. The minimum Gasteiger partial charge on any atom is -0.485 e. The number of anilines is 1. The number of benzene rings is 2. The Morgan fingerprint density at radius 1 is 1.00 bits per heavy atom. The Hall–Kier alpha value is -3.15. The Labute approximate surface area is 199 Å². The van der Waals surface area contributed by atoms with E-state index in [1.54, 1.807) is 29.2 Å². The smallest absolute Gasteiger partial charge is 0.267 e. The fourth-order valence-corrected chi connectivity index (χ4v) is 4.70. The molecule has 0 saturated carbocycles. The van der Waals surface area contributed by atoms with Crippen LogP contribution in [0.15, 0.2) is 53.4 Å². The highest BCUT2D eigenvalue weighted by Crippen LogP contribution is 2.31. The van der Waals surface area contributed by atoms with Gasteiger partial charge in [-0.25, -0.2) is 12.7 Å². The van der Waals surface area contributed by atoms with Crippen LogP contribution in [0, 0.1) is 0 Å². The lowest BCUT2D eigenvalue weighted by Gasteiger charge is -2.36. The van der Waals surface area contributed by atoms with Crippen LogP contribution in [-0.2, 0) is 19.6 Å². The summed E-state index contributed by atoms with van der Waals surface area (Å²) in [6.07, 6.45) is -0.677. The number of fused-ring (bicyclic) bond motifs is 1. The monoisotopic (exact) mass is 488 g/mol. The number of hydrogen-bond acceptors (Lipinski definition) is 7. The van der Waals surface area contributed by atoms with Crippen molar-refractivity contribution in [3.05, 3.63) is 48.5 Å². The van der Waals surface area contributed by atoms with Crippen LogP contribution in [-0.4, -0.2) is 93.9 Å². The van der Waals surface area contributed by atoms with E-state index in [0.29, 0.717) is 43.4 Å². The van der Waals surface area contributed by atoms with E-state index in [1.165, 1.54) is 26.2 Å². The van der Waals surface area contributed by atoms with Crippen LogP contribution < -0.4 is 14.8 Å². The van der Waals surface area contributed by atoms with Crippen LogP contribution in [0.1, 0.15) is 0 Å². The van der Waals surface area contributed by atoms with Gasteiger partial charge in [0.05, 0.1) is 11.4 Å². The number of piperazine rings is 1. The number of carbonyl (C=O) groups is 2. The van der Waals surface area contributed by atoms with Crippen molar-refractivity contribution in [1.29, 1.82) is 0 Å². The van der Waals surface area contributed by atoms with Crippen molar-refractivity contribution in [2.45, 2.75) is 11.0 Å². The molecule has 4 rings (SSSR count). The highest BCUT2D eigenvalue weighted by Gasteiger charge is 2.33. The number of rotatable bonds is 6. The maximum atomic E-state index is 12.9. The van der Waals surface area contributed by atoms with E-state index in [4.69, 9.17) is 9.47 Å². The summed E-state index contributed by atoms with van der Waals surface area (Å²) in [4.78, 5) is 29.2. The van der Waals surface area contributed by atoms with Gasteiger partial charge in [0.1, 0.15) is 6.61 Å². The predicted molar refractivity (Wildman–Crippen MR) is 125 cm³/mol. The summed E-state index contributed by atoms with van der Waals surface area (Å²) in [5.41, 5.74) is 0.520.